The first-order chi connectivity index (χ1) is 4.83. The van der Waals surface area contributed by atoms with Crippen molar-refractivity contribution < 1.29 is 0 Å². The first-order valence-corrected chi connectivity index (χ1v) is 5.51. The molecule has 0 aromatic carbocycles. The molecule has 0 bridgehead atoms. The minimum atomic E-state index is 0.823. The van der Waals surface area contributed by atoms with Crippen LogP contribution in [-0.2, 0) is 0 Å². The normalized spacial score (nSPS) is 45.6. The van der Waals surface area contributed by atoms with Gasteiger partial charge in [-0.3, -0.25) is 0 Å². The van der Waals surface area contributed by atoms with Crippen LogP contribution in [-0.4, -0.2) is 5.33 Å². The van der Waals surface area contributed by atoms with Gasteiger partial charge in [-0.2, -0.15) is 0 Å². The van der Waals surface area contributed by atoms with E-state index in [-0.39, 0.29) is 0 Å². The third-order valence-corrected chi connectivity index (χ3v) is 4.30. The second-order valence-corrected chi connectivity index (χ2v) is 4.56. The predicted molar refractivity (Wildman–Crippen MR) is 47.3 cm³/mol. The van der Waals surface area contributed by atoms with E-state index in [1.54, 1.807) is 0 Å². The van der Waals surface area contributed by atoms with Gasteiger partial charge in [-0.05, 0) is 42.9 Å². The maximum Gasteiger partial charge on any atom is 0.00652 e. The first-order valence-electron chi connectivity index (χ1n) is 4.39. The van der Waals surface area contributed by atoms with E-state index in [1.807, 2.05) is 0 Å². The Balaban J connectivity index is 1.98. The second kappa shape index (κ2) is 2.23. The molecular formula is C9H15Br. The minimum absolute atomic E-state index is 0.823. The Morgan fingerprint density at radius 3 is 2.50 bits per heavy atom. The van der Waals surface area contributed by atoms with Crippen LogP contribution in [0.2, 0.25) is 0 Å². The Morgan fingerprint density at radius 1 is 1.50 bits per heavy atom. The van der Waals surface area contributed by atoms with Gasteiger partial charge < -0.3 is 0 Å². The smallest absolute Gasteiger partial charge is 0.00652 e. The van der Waals surface area contributed by atoms with Gasteiger partial charge in [0.25, 0.3) is 0 Å². The Kier molecular flexibility index (Phi) is 1.59. The Hall–Kier alpha value is 0.480. The van der Waals surface area contributed by atoms with Crippen molar-refractivity contribution in [3.8, 4) is 0 Å². The monoisotopic (exact) mass is 202 g/mol. The SMILES string of the molecule is CCC1(C2CC2)CC1CBr. The van der Waals surface area contributed by atoms with Crippen molar-refractivity contribution in [2.24, 2.45) is 17.3 Å². The molecule has 2 atom stereocenters. The second-order valence-electron chi connectivity index (χ2n) is 3.92. The molecule has 58 valence electrons. The fraction of sp³-hybridized carbons (Fsp3) is 1.00. The van der Waals surface area contributed by atoms with Gasteiger partial charge in [0, 0.05) is 5.33 Å². The zero-order valence-corrected chi connectivity index (χ0v) is 8.15. The van der Waals surface area contributed by atoms with Crippen molar-refractivity contribution >= 4 is 15.9 Å². The molecule has 1 heteroatoms. The van der Waals surface area contributed by atoms with E-state index in [4.69, 9.17) is 0 Å². The minimum Gasteiger partial charge on any atom is -0.0925 e. The van der Waals surface area contributed by atoms with Gasteiger partial charge in [-0.25, -0.2) is 0 Å². The molecule has 0 N–H and O–H groups in total. The summed E-state index contributed by atoms with van der Waals surface area (Å²) in [6, 6.07) is 0. The van der Waals surface area contributed by atoms with Crippen LogP contribution >= 0.6 is 15.9 Å². The fourth-order valence-electron chi connectivity index (χ4n) is 2.49. The molecule has 2 rings (SSSR count). The molecule has 2 aliphatic carbocycles. The fourth-order valence-corrected chi connectivity index (χ4v) is 3.36. The summed E-state index contributed by atoms with van der Waals surface area (Å²) in [6.45, 7) is 2.36. The molecule has 0 aromatic heterocycles. The number of hydrogen-bond donors (Lipinski definition) is 0. The van der Waals surface area contributed by atoms with Gasteiger partial charge in [0.2, 0.25) is 0 Å². The van der Waals surface area contributed by atoms with Gasteiger partial charge in [-0.15, -0.1) is 0 Å². The molecule has 2 aliphatic rings. The molecule has 10 heavy (non-hydrogen) atoms. The lowest BCUT2D eigenvalue weighted by Crippen LogP contribution is -2.05. The van der Waals surface area contributed by atoms with Crippen LogP contribution in [0, 0.1) is 17.3 Å². The summed E-state index contributed by atoms with van der Waals surface area (Å²) in [5.41, 5.74) is 0.823. The molecule has 0 spiro atoms. The van der Waals surface area contributed by atoms with Crippen molar-refractivity contribution in [2.45, 2.75) is 32.6 Å². The molecule has 0 aromatic rings. The van der Waals surface area contributed by atoms with E-state index < -0.39 is 0 Å². The van der Waals surface area contributed by atoms with Crippen LogP contribution in [0.5, 0.6) is 0 Å². The van der Waals surface area contributed by atoms with Crippen molar-refractivity contribution in [3.63, 3.8) is 0 Å². The molecule has 2 fully saturated rings. The summed E-state index contributed by atoms with van der Waals surface area (Å²) >= 11 is 3.59. The molecule has 0 aliphatic heterocycles. The lowest BCUT2D eigenvalue weighted by molar-refractivity contribution is 0.391. The van der Waals surface area contributed by atoms with Crippen LogP contribution in [0.25, 0.3) is 0 Å². The Bertz CT molecular complexity index is 140. The van der Waals surface area contributed by atoms with E-state index in [2.05, 4.69) is 22.9 Å². The molecule has 2 saturated carbocycles. The highest BCUT2D eigenvalue weighted by Crippen LogP contribution is 2.67. The Morgan fingerprint density at radius 2 is 2.20 bits per heavy atom. The van der Waals surface area contributed by atoms with E-state index in [0.29, 0.717) is 0 Å². The number of hydrogen-bond acceptors (Lipinski definition) is 0. The van der Waals surface area contributed by atoms with Gasteiger partial charge in [0.15, 0.2) is 0 Å². The van der Waals surface area contributed by atoms with Crippen LogP contribution in [0.15, 0.2) is 0 Å². The number of alkyl halides is 1. The number of halogens is 1. The third kappa shape index (κ3) is 0.861. The maximum absolute atomic E-state index is 3.59. The average Bonchev–Trinajstić information content (AvgIpc) is 2.83. The number of rotatable bonds is 3. The zero-order valence-electron chi connectivity index (χ0n) is 6.57. The highest BCUT2D eigenvalue weighted by atomic mass is 79.9. The highest BCUT2D eigenvalue weighted by Gasteiger charge is 2.59. The lowest BCUT2D eigenvalue weighted by atomic mass is 9.95. The predicted octanol–water partition coefficient (Wildman–Crippen LogP) is 3.21. The summed E-state index contributed by atoms with van der Waals surface area (Å²) in [4.78, 5) is 0. The summed E-state index contributed by atoms with van der Waals surface area (Å²) in [5.74, 6) is 2.16. The molecule has 0 heterocycles. The molecule has 0 nitrogen and oxygen atoms in total. The summed E-state index contributed by atoms with van der Waals surface area (Å²) < 4.78 is 0. The lowest BCUT2D eigenvalue weighted by Gasteiger charge is -2.11. The van der Waals surface area contributed by atoms with Gasteiger partial charge in [0.05, 0.1) is 0 Å². The van der Waals surface area contributed by atoms with Crippen LogP contribution < -0.4 is 0 Å². The molecule has 0 saturated heterocycles. The average molecular weight is 203 g/mol. The zero-order chi connectivity index (χ0) is 7.19. The van der Waals surface area contributed by atoms with Crippen LogP contribution in [0.4, 0.5) is 0 Å². The summed E-state index contributed by atoms with van der Waals surface area (Å²) in [5, 5.41) is 1.25. The topological polar surface area (TPSA) is 0 Å². The van der Waals surface area contributed by atoms with Crippen LogP contribution in [0.3, 0.4) is 0 Å². The largest absolute Gasteiger partial charge is 0.0925 e. The van der Waals surface area contributed by atoms with Crippen molar-refractivity contribution in [3.05, 3.63) is 0 Å². The van der Waals surface area contributed by atoms with E-state index in [9.17, 15) is 0 Å². The molecule has 2 unspecified atom stereocenters. The van der Waals surface area contributed by atoms with Crippen molar-refractivity contribution in [2.75, 3.05) is 5.33 Å². The van der Waals surface area contributed by atoms with Gasteiger partial charge in [-0.1, -0.05) is 22.9 Å². The Labute approximate surface area is 71.5 Å². The molecule has 0 radical (unpaired) electrons. The first kappa shape index (κ1) is 7.15. The van der Waals surface area contributed by atoms with E-state index in [1.165, 1.54) is 31.0 Å². The third-order valence-electron chi connectivity index (χ3n) is 3.51. The molecular weight excluding hydrogens is 188 g/mol. The van der Waals surface area contributed by atoms with Crippen LogP contribution in [0.1, 0.15) is 32.6 Å². The van der Waals surface area contributed by atoms with Gasteiger partial charge >= 0.3 is 0 Å². The molecule has 0 amide bonds. The summed E-state index contributed by atoms with van der Waals surface area (Å²) in [6.07, 6.45) is 5.99. The highest BCUT2D eigenvalue weighted by molar-refractivity contribution is 9.09. The van der Waals surface area contributed by atoms with Crippen molar-refractivity contribution in [1.82, 2.24) is 0 Å². The van der Waals surface area contributed by atoms with Crippen molar-refractivity contribution in [1.29, 1.82) is 0 Å². The summed E-state index contributed by atoms with van der Waals surface area (Å²) in [7, 11) is 0. The van der Waals surface area contributed by atoms with E-state index in [0.717, 1.165) is 17.3 Å². The van der Waals surface area contributed by atoms with E-state index >= 15 is 0 Å². The standard InChI is InChI=1S/C9H15Br/c1-2-9(7-3-4-7)5-8(9)6-10/h7-8H,2-6H2,1H3. The van der Waals surface area contributed by atoms with Gasteiger partial charge in [0.1, 0.15) is 0 Å². The maximum atomic E-state index is 3.59. The quantitative estimate of drug-likeness (QED) is 0.618.